The van der Waals surface area contributed by atoms with Crippen molar-refractivity contribution in [1.82, 2.24) is 4.31 Å². The van der Waals surface area contributed by atoms with E-state index in [4.69, 9.17) is 0 Å². The summed E-state index contributed by atoms with van der Waals surface area (Å²) in [4.78, 5) is 13.0. The van der Waals surface area contributed by atoms with Crippen molar-refractivity contribution in [2.24, 2.45) is 0 Å². The van der Waals surface area contributed by atoms with Gasteiger partial charge in [-0.3, -0.25) is 4.79 Å². The zero-order valence-corrected chi connectivity index (χ0v) is 17.1. The van der Waals surface area contributed by atoms with E-state index in [2.05, 4.69) is 5.32 Å². The van der Waals surface area contributed by atoms with Crippen LogP contribution in [0.2, 0.25) is 0 Å². The van der Waals surface area contributed by atoms with Crippen molar-refractivity contribution < 1.29 is 18.1 Å². The summed E-state index contributed by atoms with van der Waals surface area (Å²) in [6, 6.07) is 7.14. The Labute approximate surface area is 163 Å². The smallest absolute Gasteiger partial charge is 0.243 e. The number of amides is 1. The van der Waals surface area contributed by atoms with Gasteiger partial charge in [0.15, 0.2) is 0 Å². The summed E-state index contributed by atoms with van der Waals surface area (Å²) in [7, 11) is -3.47. The monoisotopic (exact) mass is 394 g/mol. The molecule has 1 aliphatic heterocycles. The van der Waals surface area contributed by atoms with Crippen molar-refractivity contribution in [3.63, 3.8) is 0 Å². The minimum absolute atomic E-state index is 0.168. The molecule has 1 heterocycles. The van der Waals surface area contributed by atoms with Crippen LogP contribution >= 0.6 is 0 Å². The maximum atomic E-state index is 12.9. The molecular weight excluding hydrogens is 362 g/mol. The average Bonchev–Trinajstić information content (AvgIpc) is 2.62. The lowest BCUT2D eigenvalue weighted by atomic mass is 9.95. The molecular formula is C20H32N3O3S+. The van der Waals surface area contributed by atoms with Crippen molar-refractivity contribution in [2.75, 3.05) is 31.5 Å². The molecule has 1 amide bonds. The topological polar surface area (TPSA) is 70.9 Å². The van der Waals surface area contributed by atoms with E-state index in [1.165, 1.54) is 51.9 Å². The van der Waals surface area contributed by atoms with Gasteiger partial charge < -0.3 is 10.2 Å². The second kappa shape index (κ2) is 9.17. The van der Waals surface area contributed by atoms with Gasteiger partial charge in [0.25, 0.3) is 0 Å². The maximum absolute atomic E-state index is 12.9. The third kappa shape index (κ3) is 5.30. The summed E-state index contributed by atoms with van der Waals surface area (Å²) in [5.74, 6) is -0.168. The Morgan fingerprint density at radius 1 is 1.00 bits per heavy atom. The van der Waals surface area contributed by atoms with Crippen molar-refractivity contribution >= 4 is 21.6 Å². The fourth-order valence-corrected chi connectivity index (χ4v) is 5.79. The summed E-state index contributed by atoms with van der Waals surface area (Å²) in [6.07, 6.45) is 9.26. The summed E-state index contributed by atoms with van der Waals surface area (Å²) in [5.41, 5.74) is 0.611. The van der Waals surface area contributed by atoms with Crippen molar-refractivity contribution in [1.29, 1.82) is 0 Å². The highest BCUT2D eigenvalue weighted by Crippen LogP contribution is 2.19. The number of carbonyl (C=O) groups excluding carboxylic acids is 1. The molecule has 7 heteroatoms. The zero-order chi connectivity index (χ0) is 19.3. The molecule has 0 bridgehead atoms. The molecule has 1 aliphatic carbocycles. The number of hydrogen-bond acceptors (Lipinski definition) is 3. The number of carbonyl (C=O) groups is 1. The van der Waals surface area contributed by atoms with Crippen LogP contribution in [0.4, 0.5) is 5.69 Å². The molecule has 6 nitrogen and oxygen atoms in total. The number of nitrogens with zero attached hydrogens (tertiary/aromatic N) is 1. The fourth-order valence-electron chi connectivity index (χ4n) is 4.35. The van der Waals surface area contributed by atoms with Gasteiger partial charge in [-0.1, -0.05) is 19.3 Å². The van der Waals surface area contributed by atoms with Gasteiger partial charge in [-0.15, -0.1) is 0 Å². The minimum atomic E-state index is -3.47. The standard InChI is InChI=1S/C20H31N3O3S/c1-17(24)21-18-9-11-20(12-10-18)27(25,26)23-15-13-22(14-16-23)19-7-5-3-2-4-6-8-19/h9-12,19H,2-8,13-16H2,1H3,(H,21,24)/p+1. The lowest BCUT2D eigenvalue weighted by molar-refractivity contribution is -0.929. The van der Waals surface area contributed by atoms with E-state index >= 15 is 0 Å². The van der Waals surface area contributed by atoms with Crippen LogP contribution in [-0.4, -0.2) is 50.9 Å². The molecule has 0 spiro atoms. The van der Waals surface area contributed by atoms with Gasteiger partial charge in [0, 0.05) is 12.6 Å². The van der Waals surface area contributed by atoms with E-state index in [1.807, 2.05) is 0 Å². The van der Waals surface area contributed by atoms with Crippen molar-refractivity contribution in [3.05, 3.63) is 24.3 Å². The quantitative estimate of drug-likeness (QED) is 0.816. The third-order valence-electron chi connectivity index (χ3n) is 5.86. The first-order valence-electron chi connectivity index (χ1n) is 10.2. The van der Waals surface area contributed by atoms with Gasteiger partial charge in [-0.05, 0) is 49.9 Å². The predicted molar refractivity (Wildman–Crippen MR) is 106 cm³/mol. The first-order valence-corrected chi connectivity index (χ1v) is 11.6. The molecule has 2 aliphatic rings. The minimum Gasteiger partial charge on any atom is -0.330 e. The third-order valence-corrected chi connectivity index (χ3v) is 7.77. The van der Waals surface area contributed by atoms with Crippen LogP contribution in [0.3, 0.4) is 0 Å². The van der Waals surface area contributed by atoms with Crippen molar-refractivity contribution in [3.8, 4) is 0 Å². The van der Waals surface area contributed by atoms with E-state index in [0.717, 1.165) is 13.1 Å². The summed E-state index contributed by atoms with van der Waals surface area (Å²) in [6.45, 7) is 4.40. The van der Waals surface area contributed by atoms with Crippen LogP contribution in [0.1, 0.15) is 51.9 Å². The normalized spacial score (nSPS) is 21.4. The van der Waals surface area contributed by atoms with E-state index < -0.39 is 10.0 Å². The van der Waals surface area contributed by atoms with Gasteiger partial charge in [0.2, 0.25) is 15.9 Å². The SMILES string of the molecule is CC(=O)Nc1ccc(S(=O)(=O)N2CC[NH+](C3CCCCCCC3)CC2)cc1. The lowest BCUT2D eigenvalue weighted by Crippen LogP contribution is -3.18. The van der Waals surface area contributed by atoms with E-state index in [1.54, 1.807) is 33.5 Å². The lowest BCUT2D eigenvalue weighted by Gasteiger charge is -2.36. The first-order chi connectivity index (χ1) is 13.0. The number of rotatable bonds is 4. The fraction of sp³-hybridized carbons (Fsp3) is 0.650. The Bertz CT molecular complexity index is 717. The summed E-state index contributed by atoms with van der Waals surface area (Å²) < 4.78 is 27.5. The van der Waals surface area contributed by atoms with Gasteiger partial charge in [-0.2, -0.15) is 4.31 Å². The van der Waals surface area contributed by atoms with E-state index in [9.17, 15) is 13.2 Å². The molecule has 1 aromatic carbocycles. The molecule has 2 N–H and O–H groups in total. The molecule has 0 radical (unpaired) electrons. The van der Waals surface area contributed by atoms with Gasteiger partial charge in [-0.25, -0.2) is 8.42 Å². The maximum Gasteiger partial charge on any atom is 0.243 e. The number of quaternary nitrogens is 1. The molecule has 2 fully saturated rings. The highest BCUT2D eigenvalue weighted by Gasteiger charge is 2.33. The second-order valence-corrected chi connectivity index (χ2v) is 9.75. The Morgan fingerprint density at radius 3 is 2.11 bits per heavy atom. The highest BCUT2D eigenvalue weighted by molar-refractivity contribution is 7.89. The molecule has 0 aromatic heterocycles. The number of sulfonamides is 1. The Morgan fingerprint density at radius 2 is 1.56 bits per heavy atom. The van der Waals surface area contributed by atoms with E-state index in [0.29, 0.717) is 29.7 Å². The number of anilines is 1. The summed E-state index contributed by atoms with van der Waals surface area (Å²) >= 11 is 0. The molecule has 0 atom stereocenters. The van der Waals surface area contributed by atoms with Gasteiger partial charge in [0.05, 0.1) is 37.1 Å². The van der Waals surface area contributed by atoms with Crippen LogP contribution in [0.5, 0.6) is 0 Å². The molecule has 1 saturated carbocycles. The average molecular weight is 395 g/mol. The molecule has 27 heavy (non-hydrogen) atoms. The van der Waals surface area contributed by atoms with Crippen LogP contribution in [0, 0.1) is 0 Å². The summed E-state index contributed by atoms with van der Waals surface area (Å²) in [5, 5.41) is 2.66. The predicted octanol–water partition coefficient (Wildman–Crippen LogP) is 1.65. The molecule has 150 valence electrons. The largest absolute Gasteiger partial charge is 0.330 e. The Kier molecular flexibility index (Phi) is 6.89. The van der Waals surface area contributed by atoms with E-state index in [-0.39, 0.29) is 5.91 Å². The molecule has 1 saturated heterocycles. The number of piperazine rings is 1. The van der Waals surface area contributed by atoms with Crippen LogP contribution in [0.15, 0.2) is 29.2 Å². The Balaban J connectivity index is 1.59. The highest BCUT2D eigenvalue weighted by atomic mass is 32.2. The Hall–Kier alpha value is -1.44. The van der Waals surface area contributed by atoms with Crippen LogP contribution in [-0.2, 0) is 14.8 Å². The van der Waals surface area contributed by atoms with Crippen molar-refractivity contribution in [2.45, 2.75) is 62.8 Å². The zero-order valence-electron chi connectivity index (χ0n) is 16.2. The first kappa shape index (κ1) is 20.3. The number of hydrogen-bond donors (Lipinski definition) is 2. The molecule has 3 rings (SSSR count). The second-order valence-electron chi connectivity index (χ2n) is 7.81. The molecule has 1 aromatic rings. The van der Waals surface area contributed by atoms with Gasteiger partial charge >= 0.3 is 0 Å². The van der Waals surface area contributed by atoms with Crippen LogP contribution in [0.25, 0.3) is 0 Å². The number of nitrogens with one attached hydrogen (secondary N) is 2. The van der Waals surface area contributed by atoms with Crippen LogP contribution < -0.4 is 10.2 Å². The van der Waals surface area contributed by atoms with Gasteiger partial charge in [0.1, 0.15) is 0 Å². The molecule has 0 unspecified atom stereocenters. The number of benzene rings is 1.